The molecular formula is C76H80N4O10. The van der Waals surface area contributed by atoms with Crippen molar-refractivity contribution in [3.05, 3.63) is 164 Å². The number of carbonyl (C=O) groups is 6. The van der Waals surface area contributed by atoms with E-state index >= 15 is 19.2 Å². The third kappa shape index (κ3) is 11.3. The first kappa shape index (κ1) is 62.3. The first-order valence-electron chi connectivity index (χ1n) is 31.1. The standard InChI is InChI=1S/C76H80N4O10/c1-19-45(11)67(69(81)77-75(13,14)15)79-71(83)51-33-55(87-47-25-37(3)21-38(4)26-47)61-63-57(89-49-29-41(7)23-42(8)30-49)35-53-60-54(74(86)80(73(53)85)68(46(12)20-2)70(82)78-76(16,17)18)36-58(90-50-31-43(9)24-44(10)32-50)64(66(60)63)62-56(34-52(72(79)84)59(51)65(61)62)88-48-27-39(5)22-40(6)28-48/h21-36,45-46,67-68H,19-20H2,1-18H3,(H,77,81)(H,78,82). The highest BCUT2D eigenvalue weighted by Gasteiger charge is 2.48. The van der Waals surface area contributed by atoms with Crippen LogP contribution < -0.4 is 29.6 Å². The van der Waals surface area contributed by atoms with E-state index in [-0.39, 0.29) is 56.0 Å². The summed E-state index contributed by atoms with van der Waals surface area (Å²) in [7, 11) is 0. The summed E-state index contributed by atoms with van der Waals surface area (Å²) in [6.45, 7) is 34.3. The molecule has 14 heteroatoms. The first-order chi connectivity index (χ1) is 42.3. The minimum atomic E-state index is -1.25. The number of nitrogens with zero attached hydrogens (tertiary/aromatic N) is 2. The number of hydrogen-bond acceptors (Lipinski definition) is 10. The SMILES string of the molecule is CCC(C)C(C(=O)NC(C)(C)C)N1C(=O)c2cc(Oc3cc(C)cc(C)c3)c3c4c(Oc5cc(C)cc(C)c5)cc5c6c(cc(Oc7cc(C)cc(C)c7)c(c7c(Oc8cc(C)cc(C)c8)cc(c2c37)C1=O)c64)C(=O)N(C(C(=O)NC(C)(C)C)C(C)CC)C5=O. The van der Waals surface area contributed by atoms with E-state index in [0.29, 0.717) is 68.2 Å². The molecule has 90 heavy (non-hydrogen) atoms. The summed E-state index contributed by atoms with van der Waals surface area (Å²) < 4.78 is 29.2. The van der Waals surface area contributed by atoms with Gasteiger partial charge in [0.15, 0.2) is 0 Å². The molecule has 2 aliphatic rings. The molecule has 9 aromatic carbocycles. The van der Waals surface area contributed by atoms with Crippen LogP contribution in [0.3, 0.4) is 0 Å². The minimum absolute atomic E-state index is 0.0759. The summed E-state index contributed by atoms with van der Waals surface area (Å²) in [4.78, 5) is 96.6. The van der Waals surface area contributed by atoms with Crippen LogP contribution >= 0.6 is 0 Å². The molecule has 0 bridgehead atoms. The van der Waals surface area contributed by atoms with Crippen LogP contribution in [0.1, 0.15) is 168 Å². The highest BCUT2D eigenvalue weighted by Crippen LogP contribution is 2.58. The lowest BCUT2D eigenvalue weighted by atomic mass is 9.79. The molecule has 0 aliphatic carbocycles. The summed E-state index contributed by atoms with van der Waals surface area (Å²) in [6, 6.07) is 27.2. The third-order valence-corrected chi connectivity index (χ3v) is 17.1. The van der Waals surface area contributed by atoms with E-state index < -0.39 is 70.4 Å². The Hall–Kier alpha value is -9.30. The van der Waals surface area contributed by atoms with Gasteiger partial charge in [-0.25, -0.2) is 0 Å². The monoisotopic (exact) mass is 1210 g/mol. The molecule has 6 amide bonds. The van der Waals surface area contributed by atoms with Crippen molar-refractivity contribution >= 4 is 78.5 Å². The zero-order valence-corrected chi connectivity index (χ0v) is 54.9. The number of fused-ring (bicyclic) bond motifs is 2. The smallest absolute Gasteiger partial charge is 0.262 e. The normalized spacial score (nSPS) is 14.8. The molecule has 0 radical (unpaired) electrons. The second kappa shape index (κ2) is 22.9. The van der Waals surface area contributed by atoms with Crippen LogP contribution in [0.4, 0.5) is 0 Å². The van der Waals surface area contributed by atoms with Gasteiger partial charge in [0, 0.05) is 54.2 Å². The average molecular weight is 1210 g/mol. The number of benzene rings is 9. The van der Waals surface area contributed by atoms with E-state index in [1.54, 1.807) is 24.3 Å². The van der Waals surface area contributed by atoms with E-state index in [4.69, 9.17) is 18.9 Å². The van der Waals surface area contributed by atoms with Gasteiger partial charge in [0.25, 0.3) is 23.6 Å². The number of carbonyl (C=O) groups excluding carboxylic acids is 6. The second-order valence-electron chi connectivity index (χ2n) is 27.5. The maximum absolute atomic E-state index is 16.2. The van der Waals surface area contributed by atoms with Crippen molar-refractivity contribution in [2.45, 2.75) is 161 Å². The number of amides is 6. The number of rotatable bonds is 16. The molecule has 11 rings (SSSR count). The van der Waals surface area contributed by atoms with Crippen LogP contribution in [0.5, 0.6) is 46.0 Å². The van der Waals surface area contributed by atoms with Gasteiger partial charge in [-0.3, -0.25) is 38.6 Å². The molecule has 0 saturated carbocycles. The van der Waals surface area contributed by atoms with Crippen molar-refractivity contribution < 1.29 is 47.7 Å². The van der Waals surface area contributed by atoms with Crippen molar-refractivity contribution in [1.29, 1.82) is 0 Å². The van der Waals surface area contributed by atoms with Crippen LogP contribution in [0.25, 0.3) is 43.1 Å². The summed E-state index contributed by atoms with van der Waals surface area (Å²) in [5.41, 5.74) is 6.01. The quantitative estimate of drug-likeness (QED) is 0.0539. The molecular weight excluding hydrogens is 1130 g/mol. The Labute approximate surface area is 526 Å². The minimum Gasteiger partial charge on any atom is -0.457 e. The number of aryl methyl sites for hydroxylation is 8. The Morgan fingerprint density at radius 1 is 0.356 bits per heavy atom. The lowest BCUT2D eigenvalue weighted by Gasteiger charge is -2.38. The highest BCUT2D eigenvalue weighted by atomic mass is 16.5. The number of hydrogen-bond donors (Lipinski definition) is 2. The lowest BCUT2D eigenvalue weighted by Crippen LogP contribution is -2.58. The van der Waals surface area contributed by atoms with Gasteiger partial charge in [-0.05, 0) is 226 Å². The molecule has 0 aromatic heterocycles. The maximum Gasteiger partial charge on any atom is 0.262 e. The van der Waals surface area contributed by atoms with Gasteiger partial charge in [-0.15, -0.1) is 0 Å². The first-order valence-corrected chi connectivity index (χ1v) is 31.1. The maximum atomic E-state index is 16.2. The second-order valence-corrected chi connectivity index (χ2v) is 27.5. The van der Waals surface area contributed by atoms with E-state index in [2.05, 4.69) is 10.6 Å². The Morgan fingerprint density at radius 2 is 0.567 bits per heavy atom. The van der Waals surface area contributed by atoms with Gasteiger partial charge in [-0.2, -0.15) is 0 Å². The van der Waals surface area contributed by atoms with E-state index in [9.17, 15) is 9.59 Å². The molecule has 9 aromatic rings. The predicted molar refractivity (Wildman–Crippen MR) is 355 cm³/mol. The largest absolute Gasteiger partial charge is 0.457 e. The topological polar surface area (TPSA) is 170 Å². The zero-order chi connectivity index (χ0) is 65.1. The van der Waals surface area contributed by atoms with Gasteiger partial charge in [-0.1, -0.05) is 64.8 Å². The van der Waals surface area contributed by atoms with E-state index in [1.807, 2.05) is 197 Å². The van der Waals surface area contributed by atoms with Crippen LogP contribution in [0.2, 0.25) is 0 Å². The van der Waals surface area contributed by atoms with Crippen molar-refractivity contribution in [1.82, 2.24) is 20.4 Å². The summed E-state index contributed by atoms with van der Waals surface area (Å²) in [5.74, 6) is -2.55. The average Bonchev–Trinajstić information content (AvgIpc) is 0.673. The predicted octanol–water partition coefficient (Wildman–Crippen LogP) is 17.2. The van der Waals surface area contributed by atoms with Crippen LogP contribution in [-0.4, -0.2) is 68.4 Å². The molecule has 2 aliphatic heterocycles. The fourth-order valence-corrected chi connectivity index (χ4v) is 13.4. The Bertz CT molecular complexity index is 3940. The summed E-state index contributed by atoms with van der Waals surface area (Å²) >= 11 is 0. The molecule has 2 heterocycles. The fraction of sp³-hybridized carbons (Fsp3) is 0.342. The van der Waals surface area contributed by atoms with E-state index in [0.717, 1.165) is 54.3 Å². The number of nitrogens with one attached hydrogen (secondary N) is 2. The fourth-order valence-electron chi connectivity index (χ4n) is 13.4. The number of ether oxygens (including phenoxy) is 4. The molecule has 0 spiro atoms. The van der Waals surface area contributed by atoms with Gasteiger partial charge in [0.1, 0.15) is 58.1 Å². The third-order valence-electron chi connectivity index (χ3n) is 17.1. The van der Waals surface area contributed by atoms with Crippen molar-refractivity contribution in [3.63, 3.8) is 0 Å². The Morgan fingerprint density at radius 3 is 0.756 bits per heavy atom. The van der Waals surface area contributed by atoms with Gasteiger partial charge in [0.2, 0.25) is 11.8 Å². The molecule has 4 atom stereocenters. The molecule has 0 fully saturated rings. The molecule has 464 valence electrons. The zero-order valence-electron chi connectivity index (χ0n) is 54.9. The number of imide groups is 2. The molecule has 2 N–H and O–H groups in total. The molecule has 0 saturated heterocycles. The van der Waals surface area contributed by atoms with Crippen molar-refractivity contribution in [2.24, 2.45) is 11.8 Å². The van der Waals surface area contributed by atoms with Crippen molar-refractivity contribution in [3.8, 4) is 46.0 Å². The summed E-state index contributed by atoms with van der Waals surface area (Å²) in [6.07, 6.45) is 0.897. The van der Waals surface area contributed by atoms with Gasteiger partial charge >= 0.3 is 0 Å². The highest BCUT2D eigenvalue weighted by molar-refractivity contribution is 6.45. The van der Waals surface area contributed by atoms with Crippen LogP contribution in [0, 0.1) is 67.2 Å². The van der Waals surface area contributed by atoms with Gasteiger partial charge < -0.3 is 29.6 Å². The molecule has 14 nitrogen and oxygen atoms in total. The summed E-state index contributed by atoms with van der Waals surface area (Å²) in [5, 5.41) is 8.76. The van der Waals surface area contributed by atoms with Crippen LogP contribution in [-0.2, 0) is 9.59 Å². The van der Waals surface area contributed by atoms with Crippen molar-refractivity contribution in [2.75, 3.05) is 0 Å². The van der Waals surface area contributed by atoms with Crippen LogP contribution in [0.15, 0.2) is 97.1 Å². The Balaban J connectivity index is 1.40. The van der Waals surface area contributed by atoms with E-state index in [1.165, 1.54) is 0 Å². The molecule has 4 unspecified atom stereocenters. The Kier molecular flexibility index (Phi) is 15.9. The lowest BCUT2D eigenvalue weighted by molar-refractivity contribution is -0.128. The van der Waals surface area contributed by atoms with Gasteiger partial charge in [0.05, 0.1) is 22.3 Å².